The Morgan fingerprint density at radius 2 is 1.47 bits per heavy atom. The molecule has 2 saturated carbocycles. The molecule has 0 amide bonds. The molecule has 1 atom stereocenters. The fraction of sp³-hybridized carbons (Fsp3) is 0.824. The van der Waals surface area contributed by atoms with E-state index in [4.69, 9.17) is 0 Å². The summed E-state index contributed by atoms with van der Waals surface area (Å²) in [5.41, 5.74) is 0. The predicted octanol–water partition coefficient (Wildman–Crippen LogP) is 4.42. The third kappa shape index (κ3) is 3.83. The molecule has 2 rings (SSSR count). The van der Waals surface area contributed by atoms with Gasteiger partial charge in [-0.25, -0.2) is 0 Å². The molecule has 0 heterocycles. The molecule has 1 unspecified atom stereocenters. The first kappa shape index (κ1) is 14.6. The highest BCUT2D eigenvalue weighted by Gasteiger charge is 2.33. The van der Waals surface area contributed by atoms with Gasteiger partial charge < -0.3 is 0 Å². The summed E-state index contributed by atoms with van der Waals surface area (Å²) in [6.07, 6.45) is 16.1. The van der Waals surface area contributed by atoms with Gasteiger partial charge in [0.05, 0.1) is 6.07 Å². The average Bonchev–Trinajstić information content (AvgIpc) is 2.49. The van der Waals surface area contributed by atoms with Crippen LogP contribution in [0.3, 0.4) is 0 Å². The van der Waals surface area contributed by atoms with Gasteiger partial charge in [0.1, 0.15) is 6.04 Å². The summed E-state index contributed by atoms with van der Waals surface area (Å²) < 4.78 is 0. The number of nitriles is 1. The van der Waals surface area contributed by atoms with Gasteiger partial charge in [-0.1, -0.05) is 44.6 Å². The maximum absolute atomic E-state index is 9.55. The van der Waals surface area contributed by atoms with Crippen LogP contribution in [0.5, 0.6) is 0 Å². The number of hydrogen-bond donors (Lipinski definition) is 0. The van der Waals surface area contributed by atoms with Crippen molar-refractivity contribution in [3.63, 3.8) is 0 Å². The molecule has 0 aliphatic heterocycles. The molecule has 0 N–H and O–H groups in total. The van der Waals surface area contributed by atoms with Gasteiger partial charge in [-0.05, 0) is 32.1 Å². The lowest BCUT2D eigenvalue weighted by atomic mass is 9.87. The summed E-state index contributed by atoms with van der Waals surface area (Å²) in [6.45, 7) is 3.84. The van der Waals surface area contributed by atoms with Crippen molar-refractivity contribution in [1.82, 2.24) is 4.90 Å². The highest BCUT2D eigenvalue weighted by molar-refractivity contribution is 5.01. The molecular formula is C17H28N2. The Hall–Kier alpha value is -0.810. The molecule has 2 nitrogen and oxygen atoms in total. The van der Waals surface area contributed by atoms with Crippen LogP contribution in [0.1, 0.15) is 70.6 Å². The highest BCUT2D eigenvalue weighted by atomic mass is 15.2. The van der Waals surface area contributed by atoms with Gasteiger partial charge in [-0.3, -0.25) is 4.90 Å². The Kier molecular flexibility index (Phi) is 5.92. The maximum Gasteiger partial charge on any atom is 0.102 e. The smallest absolute Gasteiger partial charge is 0.102 e. The minimum absolute atomic E-state index is 0.0590. The van der Waals surface area contributed by atoms with Crippen LogP contribution in [0, 0.1) is 11.3 Å². The fourth-order valence-electron chi connectivity index (χ4n) is 3.96. The first-order valence-electron chi connectivity index (χ1n) is 8.14. The Bertz CT molecular complexity index is 288. The van der Waals surface area contributed by atoms with E-state index < -0.39 is 0 Å². The molecule has 0 saturated heterocycles. The van der Waals surface area contributed by atoms with E-state index in [1.54, 1.807) is 0 Å². The normalized spacial score (nSPS) is 24.0. The van der Waals surface area contributed by atoms with Crippen molar-refractivity contribution in [1.29, 1.82) is 5.26 Å². The van der Waals surface area contributed by atoms with Crippen molar-refractivity contribution < 1.29 is 0 Å². The molecule has 0 aromatic rings. The van der Waals surface area contributed by atoms with Crippen LogP contribution >= 0.6 is 0 Å². The van der Waals surface area contributed by atoms with Crippen molar-refractivity contribution in [3.05, 3.63) is 12.7 Å². The van der Waals surface area contributed by atoms with Crippen LogP contribution < -0.4 is 0 Å². The van der Waals surface area contributed by atoms with Crippen molar-refractivity contribution in [3.8, 4) is 6.07 Å². The van der Waals surface area contributed by atoms with Gasteiger partial charge in [0.25, 0.3) is 0 Å². The molecule has 0 aromatic heterocycles. The van der Waals surface area contributed by atoms with E-state index in [2.05, 4.69) is 17.5 Å². The van der Waals surface area contributed by atoms with Crippen LogP contribution in [0.15, 0.2) is 12.7 Å². The van der Waals surface area contributed by atoms with Gasteiger partial charge in [0.2, 0.25) is 0 Å². The molecule has 106 valence electrons. The number of rotatable bonds is 5. The van der Waals surface area contributed by atoms with E-state index in [1.165, 1.54) is 64.2 Å². The monoisotopic (exact) mass is 260 g/mol. The van der Waals surface area contributed by atoms with Gasteiger partial charge in [-0.15, -0.1) is 6.58 Å². The van der Waals surface area contributed by atoms with Crippen molar-refractivity contribution in [2.24, 2.45) is 0 Å². The van der Waals surface area contributed by atoms with Gasteiger partial charge in [0, 0.05) is 12.1 Å². The van der Waals surface area contributed by atoms with Crippen LogP contribution in [0.4, 0.5) is 0 Å². The van der Waals surface area contributed by atoms with E-state index in [-0.39, 0.29) is 6.04 Å². The molecule has 2 heteroatoms. The second-order valence-electron chi connectivity index (χ2n) is 6.20. The summed E-state index contributed by atoms with van der Waals surface area (Å²) in [5.74, 6) is 0. The fourth-order valence-corrected chi connectivity index (χ4v) is 3.96. The second kappa shape index (κ2) is 7.70. The van der Waals surface area contributed by atoms with Gasteiger partial charge >= 0.3 is 0 Å². The van der Waals surface area contributed by atoms with Crippen molar-refractivity contribution in [2.75, 3.05) is 0 Å². The van der Waals surface area contributed by atoms with Crippen LogP contribution in [0.2, 0.25) is 0 Å². The van der Waals surface area contributed by atoms with Crippen molar-refractivity contribution in [2.45, 2.75) is 88.8 Å². The minimum Gasteiger partial charge on any atom is -0.282 e. The molecule has 0 aromatic carbocycles. The minimum atomic E-state index is 0.0590. The Morgan fingerprint density at radius 3 is 1.84 bits per heavy atom. The largest absolute Gasteiger partial charge is 0.282 e. The lowest BCUT2D eigenvalue weighted by Crippen LogP contribution is -2.50. The molecule has 0 bridgehead atoms. The van der Waals surface area contributed by atoms with E-state index in [1.807, 2.05) is 6.08 Å². The quantitative estimate of drug-likeness (QED) is 0.684. The SMILES string of the molecule is C=CCC(C#N)N(C1CCCCC1)C1CCCCC1. The standard InChI is InChI=1S/C17H28N2/c1-2-9-17(14-18)19(15-10-5-3-6-11-15)16-12-7-4-8-13-16/h2,15-17H,1,3-13H2. The van der Waals surface area contributed by atoms with Crippen LogP contribution in [-0.4, -0.2) is 23.0 Å². The summed E-state index contributed by atoms with van der Waals surface area (Å²) in [7, 11) is 0. The first-order chi connectivity index (χ1) is 9.36. The van der Waals surface area contributed by atoms with E-state index in [9.17, 15) is 5.26 Å². The van der Waals surface area contributed by atoms with Gasteiger partial charge in [0.15, 0.2) is 0 Å². The van der Waals surface area contributed by atoms with Crippen molar-refractivity contribution >= 4 is 0 Å². The zero-order chi connectivity index (χ0) is 13.5. The Morgan fingerprint density at radius 1 is 1.00 bits per heavy atom. The van der Waals surface area contributed by atoms with E-state index in [0.29, 0.717) is 12.1 Å². The van der Waals surface area contributed by atoms with Crippen LogP contribution in [0.25, 0.3) is 0 Å². The third-order valence-electron chi connectivity index (χ3n) is 4.89. The highest BCUT2D eigenvalue weighted by Crippen LogP contribution is 2.32. The zero-order valence-electron chi connectivity index (χ0n) is 12.2. The topological polar surface area (TPSA) is 27.0 Å². The molecule has 19 heavy (non-hydrogen) atoms. The predicted molar refractivity (Wildman–Crippen MR) is 79.8 cm³/mol. The van der Waals surface area contributed by atoms with Gasteiger partial charge in [-0.2, -0.15) is 5.26 Å². The van der Waals surface area contributed by atoms with E-state index >= 15 is 0 Å². The lowest BCUT2D eigenvalue weighted by Gasteiger charge is -2.43. The summed E-state index contributed by atoms with van der Waals surface area (Å²) in [5, 5.41) is 9.55. The zero-order valence-corrected chi connectivity index (χ0v) is 12.2. The summed E-state index contributed by atoms with van der Waals surface area (Å²) >= 11 is 0. The van der Waals surface area contributed by atoms with Crippen LogP contribution in [-0.2, 0) is 0 Å². The molecule has 0 radical (unpaired) electrons. The van der Waals surface area contributed by atoms with E-state index in [0.717, 1.165) is 6.42 Å². The summed E-state index contributed by atoms with van der Waals surface area (Å²) in [6, 6.07) is 3.92. The molecule has 0 spiro atoms. The second-order valence-corrected chi connectivity index (χ2v) is 6.20. The maximum atomic E-state index is 9.55. The average molecular weight is 260 g/mol. The molecule has 2 aliphatic rings. The lowest BCUT2D eigenvalue weighted by molar-refractivity contribution is 0.0585. The Labute approximate surface area is 118 Å². The summed E-state index contributed by atoms with van der Waals surface area (Å²) in [4.78, 5) is 2.60. The molecular weight excluding hydrogens is 232 g/mol. The Balaban J connectivity index is 2.10. The number of nitrogens with zero attached hydrogens (tertiary/aromatic N) is 2. The number of hydrogen-bond acceptors (Lipinski definition) is 2. The third-order valence-corrected chi connectivity index (χ3v) is 4.89. The molecule has 2 aliphatic carbocycles. The first-order valence-corrected chi connectivity index (χ1v) is 8.14. The molecule has 2 fully saturated rings.